The predicted molar refractivity (Wildman–Crippen MR) is 221 cm³/mol. The smallest absolute Gasteiger partial charge is 0.413 e. The van der Waals surface area contributed by atoms with Gasteiger partial charge in [0.15, 0.2) is 22.3 Å². The van der Waals surface area contributed by atoms with E-state index in [1.807, 2.05) is 0 Å². The number of β-lactam (4-membered cyclic amide) rings is 1. The van der Waals surface area contributed by atoms with E-state index >= 15 is 0 Å². The summed E-state index contributed by atoms with van der Waals surface area (Å²) in [4.78, 5) is 93.7. The summed E-state index contributed by atoms with van der Waals surface area (Å²) in [6.45, 7) is 18.3. The average molecular weight is 859 g/mol. The number of oxime groups is 1. The average Bonchev–Trinajstić information content (AvgIpc) is 3.58. The lowest BCUT2D eigenvalue weighted by Crippen LogP contribution is -2.72. The van der Waals surface area contributed by atoms with E-state index in [2.05, 4.69) is 50.2 Å². The molecule has 2 aliphatic rings. The van der Waals surface area contributed by atoms with E-state index in [-0.39, 0.29) is 48.0 Å². The summed E-state index contributed by atoms with van der Waals surface area (Å²) >= 11 is 0.970. The summed E-state index contributed by atoms with van der Waals surface area (Å²) in [7, 11) is 0. The quantitative estimate of drug-likeness (QED) is 0.0515. The summed E-state index contributed by atoms with van der Waals surface area (Å²) in [6, 6.07) is -0.219. The van der Waals surface area contributed by atoms with Crippen molar-refractivity contribution in [1.29, 1.82) is 0 Å². The zero-order chi connectivity index (χ0) is 44.4. The maximum absolute atomic E-state index is 13.7. The number of thiazole rings is 1. The molecule has 0 saturated carbocycles. The number of aromatic nitrogens is 2. The van der Waals surface area contributed by atoms with Crippen LogP contribution in [0.3, 0.4) is 0 Å². The fourth-order valence-electron chi connectivity index (χ4n) is 5.36. The van der Waals surface area contributed by atoms with Gasteiger partial charge in [0.2, 0.25) is 17.4 Å². The van der Waals surface area contributed by atoms with Crippen LogP contribution in [-0.2, 0) is 33.5 Å². The van der Waals surface area contributed by atoms with Crippen LogP contribution in [0.4, 0.5) is 9.93 Å². The molecule has 4 N–H and O–H groups in total. The molecule has 4 heterocycles. The number of amides is 5. The molecule has 2 atom stereocenters. The highest BCUT2D eigenvalue weighted by Gasteiger charge is 2.43. The fourth-order valence-corrected chi connectivity index (χ4v) is 6.04. The Balaban J connectivity index is 1.38. The van der Waals surface area contributed by atoms with Gasteiger partial charge in [-0.3, -0.25) is 24.5 Å². The third-order valence-electron chi connectivity index (χ3n) is 8.72. The number of pyridine rings is 1. The normalized spacial score (nSPS) is 17.0. The lowest BCUT2D eigenvalue weighted by atomic mass is 9.96. The van der Waals surface area contributed by atoms with Gasteiger partial charge < -0.3 is 44.6 Å². The van der Waals surface area contributed by atoms with Crippen molar-refractivity contribution in [2.24, 2.45) is 11.1 Å². The lowest BCUT2D eigenvalue weighted by molar-refractivity contribution is -0.179. The van der Waals surface area contributed by atoms with Gasteiger partial charge in [0.05, 0.1) is 31.4 Å². The number of ether oxygens (including phenoxy) is 4. The van der Waals surface area contributed by atoms with Crippen LogP contribution in [0.15, 0.2) is 22.8 Å². The molecular weight excluding hydrogens is 801 g/mol. The number of nitrogens with one attached hydrogen (secondary N) is 4. The van der Waals surface area contributed by atoms with Gasteiger partial charge in [0, 0.05) is 31.1 Å². The minimum Gasteiger partial charge on any atom is -0.490 e. The van der Waals surface area contributed by atoms with Gasteiger partial charge in [-0.1, -0.05) is 31.8 Å². The minimum atomic E-state index is -1.65. The Morgan fingerprint density at radius 1 is 0.917 bits per heavy atom. The number of hydrogen-bond donors (Lipinski definition) is 4. The van der Waals surface area contributed by atoms with Crippen molar-refractivity contribution in [2.75, 3.05) is 38.2 Å². The molecule has 0 aromatic carbocycles. The van der Waals surface area contributed by atoms with Crippen LogP contribution in [0, 0.1) is 5.92 Å². The first-order chi connectivity index (χ1) is 28.1. The second-order valence-electron chi connectivity index (χ2n) is 16.8. The highest BCUT2D eigenvalue weighted by Crippen LogP contribution is 2.29. The summed E-state index contributed by atoms with van der Waals surface area (Å²) in [5.41, 5.74) is -3.54. The van der Waals surface area contributed by atoms with Gasteiger partial charge in [0.25, 0.3) is 11.8 Å². The van der Waals surface area contributed by atoms with Gasteiger partial charge in [-0.2, -0.15) is 0 Å². The summed E-state index contributed by atoms with van der Waals surface area (Å²) < 4.78 is 22.4. The van der Waals surface area contributed by atoms with Crippen LogP contribution in [0.2, 0.25) is 0 Å². The van der Waals surface area contributed by atoms with Gasteiger partial charge in [-0.15, -0.1) is 11.3 Å². The third-order valence-corrected chi connectivity index (χ3v) is 9.48. The number of rotatable bonds is 19. The van der Waals surface area contributed by atoms with Crippen molar-refractivity contribution in [2.45, 2.75) is 124 Å². The van der Waals surface area contributed by atoms with E-state index in [1.165, 1.54) is 30.3 Å². The predicted octanol–water partition coefficient (Wildman–Crippen LogP) is 3.96. The van der Waals surface area contributed by atoms with Gasteiger partial charge in [0.1, 0.15) is 28.6 Å². The molecule has 20 heteroatoms. The highest BCUT2D eigenvalue weighted by molar-refractivity contribution is 7.14. The van der Waals surface area contributed by atoms with Gasteiger partial charge >= 0.3 is 12.1 Å². The van der Waals surface area contributed by atoms with Crippen LogP contribution >= 0.6 is 11.3 Å². The maximum atomic E-state index is 13.7. The van der Waals surface area contributed by atoms with Crippen LogP contribution < -0.4 is 30.7 Å². The number of nitrogens with zero attached hydrogens (tertiary/aromatic N) is 4. The van der Waals surface area contributed by atoms with Crippen molar-refractivity contribution in [3.8, 4) is 11.5 Å². The first-order valence-corrected chi connectivity index (χ1v) is 20.9. The number of esters is 1. The van der Waals surface area contributed by atoms with E-state index in [0.29, 0.717) is 24.7 Å². The molecule has 2 saturated heterocycles. The number of carbonyl (C=O) groups is 6. The number of anilines is 1. The molecule has 2 aromatic rings. The third kappa shape index (κ3) is 13.5. The Bertz CT molecular complexity index is 1910. The molecule has 2 aromatic heterocycles. The number of unbranched alkanes of at least 4 members (excludes halogenated alkanes) is 2. The van der Waals surface area contributed by atoms with Crippen LogP contribution in [0.5, 0.6) is 11.5 Å². The molecule has 0 radical (unpaired) electrons. The first-order valence-electron chi connectivity index (χ1n) is 20.0. The van der Waals surface area contributed by atoms with Crippen LogP contribution in [0.25, 0.3) is 0 Å². The standard InChI is InChI=1S/C40H58N8O11S/c1-11-13-15-55-27-17-24(41-19-28(27)56-16-14-12-2)34(52)48-20-23(21-48)31(49)42-18-25-29(32(50)43-25)45-33(51)30(47-59-40(9,10)35(53)57-38(3,4)5)26-22-60-36(44-26)46-37(54)58-39(6,7)8/h17,19,22-23,25,29H,11-16,18,20-21H2,1-10H3,(H,42,49)(H,43,50)(H,45,51)(H,44,46,54)/b47-30-/t25-,29+/m1/s1. The summed E-state index contributed by atoms with van der Waals surface area (Å²) in [6.07, 6.45) is 4.32. The Morgan fingerprint density at radius 3 is 2.15 bits per heavy atom. The number of carbonyl (C=O) groups excluding carboxylic acids is 6. The van der Waals surface area contributed by atoms with Crippen molar-refractivity contribution in [3.63, 3.8) is 0 Å². The zero-order valence-electron chi connectivity index (χ0n) is 36.0. The molecule has 2 aliphatic heterocycles. The molecule has 60 heavy (non-hydrogen) atoms. The van der Waals surface area contributed by atoms with E-state index in [1.54, 1.807) is 47.6 Å². The maximum Gasteiger partial charge on any atom is 0.413 e. The lowest BCUT2D eigenvalue weighted by Gasteiger charge is -2.40. The van der Waals surface area contributed by atoms with Gasteiger partial charge in [-0.05, 0) is 68.2 Å². The Morgan fingerprint density at radius 2 is 1.55 bits per heavy atom. The molecule has 0 spiro atoms. The molecule has 0 bridgehead atoms. The molecule has 0 aliphatic carbocycles. The molecule has 2 fully saturated rings. The summed E-state index contributed by atoms with van der Waals surface area (Å²) in [5, 5.41) is 16.0. The van der Waals surface area contributed by atoms with E-state index < -0.39 is 64.4 Å². The number of hydrogen-bond acceptors (Lipinski definition) is 15. The summed E-state index contributed by atoms with van der Waals surface area (Å²) in [5.74, 6) is -2.44. The molecule has 5 amide bonds. The molecular formula is C40H58N8O11S. The van der Waals surface area contributed by atoms with Crippen LogP contribution in [-0.4, -0.2) is 118 Å². The first kappa shape index (κ1) is 47.2. The van der Waals surface area contributed by atoms with Gasteiger partial charge in [-0.25, -0.2) is 19.6 Å². The zero-order valence-corrected chi connectivity index (χ0v) is 36.8. The topological polar surface area (TPSA) is 238 Å². The van der Waals surface area contributed by atoms with E-state index in [0.717, 1.165) is 37.0 Å². The fraction of sp³-hybridized carbons (Fsp3) is 0.625. The largest absolute Gasteiger partial charge is 0.490 e. The molecule has 19 nitrogen and oxygen atoms in total. The monoisotopic (exact) mass is 858 g/mol. The van der Waals surface area contributed by atoms with Crippen LogP contribution in [0.1, 0.15) is 111 Å². The second-order valence-corrected chi connectivity index (χ2v) is 17.7. The highest BCUT2D eigenvalue weighted by atomic mass is 32.1. The Hall–Kier alpha value is -5.53. The second kappa shape index (κ2) is 20.2. The van der Waals surface area contributed by atoms with E-state index in [9.17, 15) is 28.8 Å². The van der Waals surface area contributed by atoms with Crippen molar-refractivity contribution >= 4 is 57.9 Å². The van der Waals surface area contributed by atoms with Crippen molar-refractivity contribution in [3.05, 3.63) is 29.0 Å². The Labute approximate surface area is 354 Å². The minimum absolute atomic E-state index is 0.0330. The van der Waals surface area contributed by atoms with Crippen molar-refractivity contribution < 1.29 is 52.6 Å². The molecule has 330 valence electrons. The SMILES string of the molecule is CCCCOc1cnc(C(=O)N2CC(C(=O)NC[C@H]3NC(=O)[C@H]3NC(=O)/C(=N\OC(C)(C)C(=O)OC(C)(C)C)c3csc(NC(=O)OC(C)(C)C)n3)C2)cc1OCCCC. The molecule has 4 rings (SSSR count). The van der Waals surface area contributed by atoms with Crippen molar-refractivity contribution in [1.82, 2.24) is 30.8 Å². The Kier molecular flexibility index (Phi) is 15.8. The number of likely N-dealkylation sites (tertiary alicyclic amines) is 1. The van der Waals surface area contributed by atoms with E-state index in [4.69, 9.17) is 23.8 Å². The molecule has 0 unspecified atom stereocenters.